The zero-order valence-electron chi connectivity index (χ0n) is 23.1. The Balaban J connectivity index is 1.48. The molecule has 2 aliphatic carbocycles. The normalized spacial score (nSPS) is 12.6. The summed E-state index contributed by atoms with van der Waals surface area (Å²) >= 11 is 0. The van der Waals surface area contributed by atoms with Crippen molar-refractivity contribution in [2.45, 2.75) is 41.5 Å². The molecule has 0 amide bonds. The van der Waals surface area contributed by atoms with Crippen LogP contribution in [0.5, 0.6) is 0 Å². The highest BCUT2D eigenvalue weighted by Gasteiger charge is 2.25. The fourth-order valence-electron chi connectivity index (χ4n) is 7.21. The highest BCUT2D eigenvalue weighted by Crippen LogP contribution is 2.40. The van der Waals surface area contributed by atoms with E-state index in [0.29, 0.717) is 0 Å². The Morgan fingerprint density at radius 3 is 1.71 bits per heavy atom. The van der Waals surface area contributed by atoms with E-state index in [4.69, 9.17) is 0 Å². The van der Waals surface area contributed by atoms with E-state index in [1.165, 1.54) is 99.5 Å². The Bertz CT molecular complexity index is 1920. The molecule has 0 heterocycles. The van der Waals surface area contributed by atoms with Gasteiger partial charge in [0.2, 0.25) is 0 Å². The van der Waals surface area contributed by atoms with Crippen molar-refractivity contribution in [3.63, 3.8) is 0 Å². The smallest absolute Gasteiger partial charge is 0.00208 e. The Labute approximate surface area is 225 Å². The van der Waals surface area contributed by atoms with E-state index in [-0.39, 0.29) is 0 Å². The van der Waals surface area contributed by atoms with Crippen molar-refractivity contribution in [3.8, 4) is 33.4 Å². The maximum absolute atomic E-state index is 2.46. The van der Waals surface area contributed by atoms with Crippen molar-refractivity contribution < 1.29 is 0 Å². The van der Waals surface area contributed by atoms with Crippen LogP contribution < -0.4 is 10.4 Å². The second-order valence-corrected chi connectivity index (χ2v) is 11.4. The first kappa shape index (κ1) is 23.0. The molecule has 0 unspecified atom stereocenters. The fourth-order valence-corrected chi connectivity index (χ4v) is 7.21. The lowest BCUT2D eigenvalue weighted by molar-refractivity contribution is 1.28. The van der Waals surface area contributed by atoms with Gasteiger partial charge in [-0.3, -0.25) is 0 Å². The molecule has 0 radical (unpaired) electrons. The number of rotatable bonds is 2. The van der Waals surface area contributed by atoms with E-state index in [1.54, 1.807) is 0 Å². The van der Waals surface area contributed by atoms with Gasteiger partial charge in [-0.2, -0.15) is 0 Å². The SMILES string of the molecule is Cc1cc(C)c(C2=c3cc4c(cc3-c3ccccc32)=Cc2cc(-c3c(C)cc(C)cc3C)ccc2-4)c(C)c1. The van der Waals surface area contributed by atoms with E-state index < -0.39 is 0 Å². The predicted octanol–water partition coefficient (Wildman–Crippen LogP) is 8.24. The maximum Gasteiger partial charge on any atom is -0.00208 e. The molecule has 0 saturated carbocycles. The van der Waals surface area contributed by atoms with Crippen LogP contribution in [0.3, 0.4) is 0 Å². The highest BCUT2D eigenvalue weighted by atomic mass is 14.3. The molecule has 5 aromatic rings. The molecule has 0 spiro atoms. The maximum atomic E-state index is 2.46. The summed E-state index contributed by atoms with van der Waals surface area (Å²) in [7, 11) is 0. The van der Waals surface area contributed by atoms with Crippen molar-refractivity contribution in [2.75, 3.05) is 0 Å². The van der Waals surface area contributed by atoms with Crippen LogP contribution in [-0.2, 0) is 0 Å². The number of aryl methyl sites for hydroxylation is 6. The molecule has 0 heteroatoms. The molecule has 7 rings (SSSR count). The third-order valence-corrected chi connectivity index (χ3v) is 8.49. The number of hydrogen-bond acceptors (Lipinski definition) is 0. The van der Waals surface area contributed by atoms with Gasteiger partial charge >= 0.3 is 0 Å². The minimum atomic E-state index is 1.30. The van der Waals surface area contributed by atoms with Crippen molar-refractivity contribution in [3.05, 3.63) is 139 Å². The van der Waals surface area contributed by atoms with Crippen LogP contribution in [-0.4, -0.2) is 0 Å². The second kappa shape index (κ2) is 8.17. The highest BCUT2D eigenvalue weighted by molar-refractivity contribution is 5.99. The first-order valence-electron chi connectivity index (χ1n) is 13.6. The van der Waals surface area contributed by atoms with Gasteiger partial charge in [0.15, 0.2) is 0 Å². The standard InChI is InChI=1S/C38H32/c1-21-13-23(3)36(24(4)14-21)27-11-12-30-28(17-27)18-29-19-34-31-9-7-8-10-32(31)38(35(34)20-33(29)30)37-25(5)15-22(2)16-26(37)6/h7-20H,1-6H3. The summed E-state index contributed by atoms with van der Waals surface area (Å²) in [4.78, 5) is 0. The van der Waals surface area contributed by atoms with Crippen LogP contribution in [0.1, 0.15) is 50.1 Å². The van der Waals surface area contributed by atoms with Crippen molar-refractivity contribution in [1.29, 1.82) is 0 Å². The van der Waals surface area contributed by atoms with E-state index in [0.717, 1.165) is 0 Å². The molecule has 0 N–H and O–H groups in total. The molecule has 38 heavy (non-hydrogen) atoms. The molecular formula is C38H32. The monoisotopic (exact) mass is 488 g/mol. The molecule has 0 atom stereocenters. The van der Waals surface area contributed by atoms with Gasteiger partial charge in [0.1, 0.15) is 0 Å². The summed E-state index contributed by atoms with van der Waals surface area (Å²) in [5.74, 6) is 0. The van der Waals surface area contributed by atoms with Crippen LogP contribution in [0.25, 0.3) is 45.0 Å². The van der Waals surface area contributed by atoms with E-state index >= 15 is 0 Å². The van der Waals surface area contributed by atoms with E-state index in [1.807, 2.05) is 0 Å². The fraction of sp³-hybridized carbons (Fsp3) is 0.158. The summed E-state index contributed by atoms with van der Waals surface area (Å²) in [6.45, 7) is 13.4. The molecular weight excluding hydrogens is 456 g/mol. The Hall–Kier alpha value is -4.16. The lowest BCUT2D eigenvalue weighted by atomic mass is 9.89. The molecule has 0 bridgehead atoms. The molecule has 0 fully saturated rings. The number of benzene rings is 5. The number of fused-ring (bicyclic) bond motifs is 6. The van der Waals surface area contributed by atoms with Crippen LogP contribution in [0.2, 0.25) is 0 Å². The largest absolute Gasteiger partial charge is 0.0616 e. The van der Waals surface area contributed by atoms with Crippen molar-refractivity contribution in [1.82, 2.24) is 0 Å². The first-order chi connectivity index (χ1) is 18.3. The summed E-state index contributed by atoms with van der Waals surface area (Å²) in [5.41, 5.74) is 21.5. The Kier molecular flexibility index (Phi) is 4.94. The van der Waals surface area contributed by atoms with Crippen molar-refractivity contribution in [2.24, 2.45) is 0 Å². The van der Waals surface area contributed by atoms with Gasteiger partial charge in [0.25, 0.3) is 0 Å². The van der Waals surface area contributed by atoms with E-state index in [9.17, 15) is 0 Å². The molecule has 5 aromatic carbocycles. The van der Waals surface area contributed by atoms with Crippen molar-refractivity contribution >= 4 is 11.6 Å². The minimum absolute atomic E-state index is 1.30. The van der Waals surface area contributed by atoms with Gasteiger partial charge in [-0.25, -0.2) is 0 Å². The van der Waals surface area contributed by atoms with Gasteiger partial charge < -0.3 is 0 Å². The van der Waals surface area contributed by atoms with Crippen LogP contribution in [0, 0.1) is 41.5 Å². The topological polar surface area (TPSA) is 0 Å². The lowest BCUT2D eigenvalue weighted by Gasteiger charge is -2.14. The quantitative estimate of drug-likeness (QED) is 0.230. The van der Waals surface area contributed by atoms with Gasteiger partial charge in [0.05, 0.1) is 0 Å². The molecule has 184 valence electrons. The molecule has 0 nitrogen and oxygen atoms in total. The predicted molar refractivity (Wildman–Crippen MR) is 162 cm³/mol. The average molecular weight is 489 g/mol. The second-order valence-electron chi connectivity index (χ2n) is 11.4. The van der Waals surface area contributed by atoms with Gasteiger partial charge in [0, 0.05) is 0 Å². The molecule has 2 aliphatic rings. The van der Waals surface area contributed by atoms with Gasteiger partial charge in [-0.15, -0.1) is 0 Å². The third-order valence-electron chi connectivity index (χ3n) is 8.49. The Morgan fingerprint density at radius 2 is 1.05 bits per heavy atom. The van der Waals surface area contributed by atoms with Crippen LogP contribution in [0.15, 0.2) is 78.9 Å². The minimum Gasteiger partial charge on any atom is -0.0616 e. The third kappa shape index (κ3) is 3.30. The van der Waals surface area contributed by atoms with Crippen LogP contribution >= 0.6 is 0 Å². The summed E-state index contributed by atoms with van der Waals surface area (Å²) in [6, 6.07) is 30.1. The van der Waals surface area contributed by atoms with E-state index in [2.05, 4.69) is 126 Å². The zero-order chi connectivity index (χ0) is 26.3. The van der Waals surface area contributed by atoms with Gasteiger partial charge in [-0.05, 0) is 154 Å². The zero-order valence-corrected chi connectivity index (χ0v) is 23.1. The average Bonchev–Trinajstić information content (AvgIpc) is 3.36. The lowest BCUT2D eigenvalue weighted by Crippen LogP contribution is -2.14. The summed E-state index contributed by atoms with van der Waals surface area (Å²) < 4.78 is 0. The van der Waals surface area contributed by atoms with Crippen LogP contribution in [0.4, 0.5) is 0 Å². The molecule has 0 aromatic heterocycles. The molecule has 0 saturated heterocycles. The van der Waals surface area contributed by atoms with Gasteiger partial charge in [-0.1, -0.05) is 71.8 Å². The summed E-state index contributed by atoms with van der Waals surface area (Å²) in [5, 5.41) is 2.68. The number of hydrogen-bond donors (Lipinski definition) is 0. The summed E-state index contributed by atoms with van der Waals surface area (Å²) in [6.07, 6.45) is 2.39. The Morgan fingerprint density at radius 1 is 0.447 bits per heavy atom. The first-order valence-corrected chi connectivity index (χ1v) is 13.6. The molecule has 0 aliphatic heterocycles.